The van der Waals surface area contributed by atoms with Crippen LogP contribution in [0.1, 0.15) is 58.9 Å². The lowest BCUT2D eigenvalue weighted by Gasteiger charge is -2.35. The van der Waals surface area contributed by atoms with Crippen LogP contribution in [0.3, 0.4) is 0 Å². The van der Waals surface area contributed by atoms with Crippen LogP contribution in [-0.2, 0) is 30.3 Å². The number of carbonyl (C=O) groups excluding carboxylic acids is 5. The van der Waals surface area contributed by atoms with Gasteiger partial charge < -0.3 is 30.5 Å². The van der Waals surface area contributed by atoms with Gasteiger partial charge in [0.15, 0.2) is 0 Å². The number of nitrogens with zero attached hydrogens (tertiary/aromatic N) is 2. The summed E-state index contributed by atoms with van der Waals surface area (Å²) in [6.07, 6.45) is 2.32. The number of rotatable bonds is 11. The van der Waals surface area contributed by atoms with Gasteiger partial charge in [-0.15, -0.1) is 0 Å². The lowest BCUT2D eigenvalue weighted by Crippen LogP contribution is -2.59. The van der Waals surface area contributed by atoms with Gasteiger partial charge in [0.25, 0.3) is 5.78 Å². The maximum atomic E-state index is 13.7. The predicted octanol–water partition coefficient (Wildman–Crippen LogP) is 1.64. The molecule has 41 heavy (non-hydrogen) atoms. The number of ether oxygens (including phenoxy) is 1. The Kier molecular flexibility index (Phi) is 11.7. The fourth-order valence-electron chi connectivity index (χ4n) is 5.33. The molecule has 2 heterocycles. The van der Waals surface area contributed by atoms with Crippen molar-refractivity contribution in [1.82, 2.24) is 25.8 Å². The summed E-state index contributed by atoms with van der Waals surface area (Å²) in [5.74, 6) is -2.90. The summed E-state index contributed by atoms with van der Waals surface area (Å²) in [6, 6.07) is 6.39. The molecule has 11 nitrogen and oxygen atoms in total. The molecule has 2 aliphatic heterocycles. The highest BCUT2D eigenvalue weighted by Crippen LogP contribution is 2.21. The van der Waals surface area contributed by atoms with Crippen molar-refractivity contribution in [2.75, 3.05) is 26.7 Å². The number of ketones is 1. The summed E-state index contributed by atoms with van der Waals surface area (Å²) >= 11 is 0. The standard InChI is InChI=1S/C30H45N5O6/c1-19(2)25(33-30(40)34-16-13-22(31-5)14-17-34)28(38)35-15-9-12-24(35)27(37)32-23(18-21-10-7-6-8-11-21)26(36)29(39)41-20(3)4/h6-8,10-11,19-20,22-25,31H,9,12-18H2,1-5H3,(H,32,37)(H,33,40)/t23-,24-,25-/m0/s1. The van der Waals surface area contributed by atoms with Crippen molar-refractivity contribution >= 4 is 29.6 Å². The molecule has 0 aromatic heterocycles. The molecular formula is C30H45N5O6. The molecule has 4 amide bonds. The third-order valence-corrected chi connectivity index (χ3v) is 7.70. The van der Waals surface area contributed by atoms with Gasteiger partial charge in [0.2, 0.25) is 11.8 Å². The van der Waals surface area contributed by atoms with E-state index in [4.69, 9.17) is 4.74 Å². The second-order valence-corrected chi connectivity index (χ2v) is 11.5. The summed E-state index contributed by atoms with van der Waals surface area (Å²) in [5, 5.41) is 8.88. The highest BCUT2D eigenvalue weighted by Gasteiger charge is 2.41. The number of hydrogen-bond acceptors (Lipinski definition) is 7. The van der Waals surface area contributed by atoms with Crippen LogP contribution in [0.5, 0.6) is 0 Å². The van der Waals surface area contributed by atoms with E-state index in [1.165, 1.54) is 4.90 Å². The van der Waals surface area contributed by atoms with Crippen molar-refractivity contribution in [2.24, 2.45) is 5.92 Å². The number of benzene rings is 1. The number of nitrogens with one attached hydrogen (secondary N) is 3. The zero-order chi connectivity index (χ0) is 30.1. The Hall–Kier alpha value is -3.47. The monoisotopic (exact) mass is 571 g/mol. The SMILES string of the molecule is CNC1CCN(C(=O)N[C@H](C(=O)N2CCC[C@H]2C(=O)N[C@@H](Cc2ccccc2)C(=O)C(=O)OC(C)C)C(C)C)CC1. The van der Waals surface area contributed by atoms with Gasteiger partial charge in [0.1, 0.15) is 18.1 Å². The number of hydrogen-bond donors (Lipinski definition) is 3. The predicted molar refractivity (Wildman–Crippen MR) is 154 cm³/mol. The number of piperidine rings is 1. The van der Waals surface area contributed by atoms with Crippen LogP contribution in [0.4, 0.5) is 4.79 Å². The summed E-state index contributed by atoms with van der Waals surface area (Å²) in [4.78, 5) is 69.0. The van der Waals surface area contributed by atoms with Crippen LogP contribution < -0.4 is 16.0 Å². The van der Waals surface area contributed by atoms with Gasteiger partial charge in [-0.1, -0.05) is 44.2 Å². The minimum atomic E-state index is -1.14. The van der Waals surface area contributed by atoms with Gasteiger partial charge in [-0.2, -0.15) is 0 Å². The third-order valence-electron chi connectivity index (χ3n) is 7.70. The van der Waals surface area contributed by atoms with E-state index in [9.17, 15) is 24.0 Å². The van der Waals surface area contributed by atoms with Crippen LogP contribution in [0.15, 0.2) is 30.3 Å². The van der Waals surface area contributed by atoms with Crippen LogP contribution in [0.2, 0.25) is 0 Å². The molecule has 0 unspecified atom stereocenters. The molecule has 3 atom stereocenters. The molecule has 3 N–H and O–H groups in total. The van der Waals surface area contributed by atoms with Gasteiger partial charge in [-0.05, 0) is 58.1 Å². The maximum Gasteiger partial charge on any atom is 0.377 e. The lowest BCUT2D eigenvalue weighted by atomic mass is 10.0. The molecule has 2 fully saturated rings. The Morgan fingerprint density at radius 1 is 0.927 bits per heavy atom. The Morgan fingerprint density at radius 3 is 2.17 bits per heavy atom. The smallest absolute Gasteiger partial charge is 0.377 e. The summed E-state index contributed by atoms with van der Waals surface area (Å²) in [7, 11) is 1.91. The minimum absolute atomic E-state index is 0.105. The molecule has 0 bridgehead atoms. The first-order valence-corrected chi connectivity index (χ1v) is 14.6. The van der Waals surface area contributed by atoms with Crippen LogP contribution in [-0.4, -0.2) is 96.4 Å². The van der Waals surface area contributed by atoms with Gasteiger partial charge in [-0.3, -0.25) is 14.4 Å². The summed E-state index contributed by atoms with van der Waals surface area (Å²) in [5.41, 5.74) is 0.768. The number of carbonyl (C=O) groups is 5. The van der Waals surface area contributed by atoms with Crippen molar-refractivity contribution < 1.29 is 28.7 Å². The van der Waals surface area contributed by atoms with Crippen LogP contribution >= 0.6 is 0 Å². The van der Waals surface area contributed by atoms with Gasteiger partial charge in [-0.25, -0.2) is 9.59 Å². The zero-order valence-electron chi connectivity index (χ0n) is 24.9. The Balaban J connectivity index is 1.71. The van der Waals surface area contributed by atoms with Crippen molar-refractivity contribution in [2.45, 2.75) is 90.1 Å². The molecule has 2 aliphatic rings. The summed E-state index contributed by atoms with van der Waals surface area (Å²) in [6.45, 7) is 8.56. The van der Waals surface area contributed by atoms with E-state index in [-0.39, 0.29) is 24.3 Å². The van der Waals surface area contributed by atoms with E-state index < -0.39 is 41.9 Å². The molecule has 1 aromatic rings. The molecule has 3 rings (SSSR count). The van der Waals surface area contributed by atoms with Gasteiger partial charge >= 0.3 is 12.0 Å². The van der Waals surface area contributed by atoms with E-state index in [2.05, 4.69) is 16.0 Å². The number of likely N-dealkylation sites (tertiary alicyclic amines) is 2. The molecule has 11 heteroatoms. The molecule has 0 radical (unpaired) electrons. The van der Waals surface area contributed by atoms with Crippen LogP contribution in [0, 0.1) is 5.92 Å². The first kappa shape index (κ1) is 32.0. The number of urea groups is 1. The zero-order valence-corrected chi connectivity index (χ0v) is 24.9. The maximum absolute atomic E-state index is 13.7. The molecular weight excluding hydrogens is 526 g/mol. The fourth-order valence-corrected chi connectivity index (χ4v) is 5.33. The fraction of sp³-hybridized carbons (Fsp3) is 0.633. The quantitative estimate of drug-likeness (QED) is 0.271. The van der Waals surface area contributed by atoms with E-state index in [0.717, 1.165) is 18.4 Å². The van der Waals surface area contributed by atoms with E-state index in [1.807, 2.05) is 51.2 Å². The average molecular weight is 572 g/mol. The normalized spacial score (nSPS) is 19.1. The average Bonchev–Trinajstić information content (AvgIpc) is 3.45. The molecule has 0 aliphatic carbocycles. The second-order valence-electron chi connectivity index (χ2n) is 11.5. The van der Waals surface area contributed by atoms with Crippen molar-refractivity contribution in [3.63, 3.8) is 0 Å². The first-order chi connectivity index (χ1) is 19.5. The molecule has 0 saturated carbocycles. The van der Waals surface area contributed by atoms with Crippen molar-refractivity contribution in [3.8, 4) is 0 Å². The molecule has 0 spiro atoms. The van der Waals surface area contributed by atoms with Crippen molar-refractivity contribution in [3.05, 3.63) is 35.9 Å². The molecule has 1 aromatic carbocycles. The Bertz CT molecular complexity index is 1070. The number of esters is 1. The number of amides is 4. The van der Waals surface area contributed by atoms with Crippen molar-refractivity contribution in [1.29, 1.82) is 0 Å². The second kappa shape index (κ2) is 15.0. The van der Waals surface area contributed by atoms with E-state index in [0.29, 0.717) is 38.5 Å². The van der Waals surface area contributed by atoms with Crippen LogP contribution in [0.25, 0.3) is 0 Å². The Labute approximate surface area is 242 Å². The van der Waals surface area contributed by atoms with E-state index in [1.54, 1.807) is 18.7 Å². The van der Waals surface area contributed by atoms with E-state index >= 15 is 0 Å². The Morgan fingerprint density at radius 2 is 1.59 bits per heavy atom. The third kappa shape index (κ3) is 8.76. The molecule has 226 valence electrons. The van der Waals surface area contributed by atoms with Gasteiger partial charge in [0.05, 0.1) is 6.10 Å². The number of Topliss-reactive ketones (excluding diaryl/α,β-unsaturated/α-hetero) is 1. The lowest BCUT2D eigenvalue weighted by molar-refractivity contribution is -0.158. The molecule has 2 saturated heterocycles. The largest absolute Gasteiger partial charge is 0.457 e. The highest BCUT2D eigenvalue weighted by molar-refractivity contribution is 6.36. The first-order valence-electron chi connectivity index (χ1n) is 14.6. The highest BCUT2D eigenvalue weighted by atomic mass is 16.5. The van der Waals surface area contributed by atoms with Gasteiger partial charge in [0, 0.05) is 32.1 Å². The summed E-state index contributed by atoms with van der Waals surface area (Å²) < 4.78 is 5.10. The minimum Gasteiger partial charge on any atom is -0.457 e. The topological polar surface area (TPSA) is 137 Å².